The molecule has 0 saturated heterocycles. The predicted molar refractivity (Wildman–Crippen MR) is 108 cm³/mol. The maximum atomic E-state index is 5.70. The summed E-state index contributed by atoms with van der Waals surface area (Å²) in [5, 5.41) is 8.49. The first-order valence-corrected chi connectivity index (χ1v) is 9.64. The van der Waals surface area contributed by atoms with Crippen LogP contribution < -0.4 is 15.4 Å². The number of hydrogen-bond donors (Lipinski definition) is 2. The Morgan fingerprint density at radius 2 is 1.96 bits per heavy atom. The Kier molecular flexibility index (Phi) is 5.12. The Bertz CT molecular complexity index is 884. The molecule has 1 aliphatic heterocycles. The van der Waals surface area contributed by atoms with Gasteiger partial charge in [0, 0.05) is 36.2 Å². The van der Waals surface area contributed by atoms with E-state index in [2.05, 4.69) is 45.5 Å². The Morgan fingerprint density at radius 1 is 1.12 bits per heavy atom. The molecule has 1 aromatic heterocycles. The topological polar surface area (TPSA) is 38.2 Å². The third-order valence-corrected chi connectivity index (χ3v) is 5.10. The summed E-state index contributed by atoms with van der Waals surface area (Å²) >= 11 is 0. The highest BCUT2D eigenvalue weighted by Gasteiger charge is 2.18. The van der Waals surface area contributed by atoms with Crippen molar-refractivity contribution < 1.29 is 4.74 Å². The normalized spacial score (nSPS) is 13.6. The molecule has 26 heavy (non-hydrogen) atoms. The standard InChI is InChI=1S/C22H27N3O/c1-2-26-22-11-6-4-9-19(22)24-13-7-15-25-20-10-5-3-8-17(20)18-12-14-23-16-21(18)25/h3-6,8-11,23-24H,2,7,12-16H2,1H3. The lowest BCUT2D eigenvalue weighted by atomic mass is 10.1. The number of anilines is 1. The summed E-state index contributed by atoms with van der Waals surface area (Å²) in [6, 6.07) is 17.0. The molecule has 0 amide bonds. The Hall–Kier alpha value is -2.46. The van der Waals surface area contributed by atoms with Crippen molar-refractivity contribution in [2.24, 2.45) is 0 Å². The Morgan fingerprint density at radius 3 is 2.88 bits per heavy atom. The number of ether oxygens (including phenoxy) is 1. The number of nitrogens with zero attached hydrogens (tertiary/aromatic N) is 1. The number of fused-ring (bicyclic) bond motifs is 3. The SMILES string of the molecule is CCOc1ccccc1NCCCn1c2c(c3ccccc31)CCNC2. The van der Waals surface area contributed by atoms with E-state index in [9.17, 15) is 0 Å². The fourth-order valence-electron chi connectivity index (χ4n) is 3.94. The molecule has 0 radical (unpaired) electrons. The fourth-order valence-corrected chi connectivity index (χ4v) is 3.94. The van der Waals surface area contributed by atoms with Gasteiger partial charge in [-0.3, -0.25) is 0 Å². The molecule has 0 unspecified atom stereocenters. The zero-order valence-electron chi connectivity index (χ0n) is 15.4. The summed E-state index contributed by atoms with van der Waals surface area (Å²) in [5.74, 6) is 0.933. The molecular weight excluding hydrogens is 322 g/mol. The van der Waals surface area contributed by atoms with Crippen molar-refractivity contribution in [1.29, 1.82) is 0 Å². The number of aryl methyl sites for hydroxylation is 1. The molecule has 0 atom stereocenters. The second kappa shape index (κ2) is 7.83. The van der Waals surface area contributed by atoms with Gasteiger partial charge < -0.3 is 19.9 Å². The predicted octanol–water partition coefficient (Wildman–Crippen LogP) is 4.19. The van der Waals surface area contributed by atoms with Gasteiger partial charge in [-0.2, -0.15) is 0 Å². The molecular formula is C22H27N3O. The number of aromatic nitrogens is 1. The van der Waals surface area contributed by atoms with Gasteiger partial charge in [0.2, 0.25) is 0 Å². The number of hydrogen-bond acceptors (Lipinski definition) is 3. The van der Waals surface area contributed by atoms with Crippen LogP contribution in [0.4, 0.5) is 5.69 Å². The van der Waals surface area contributed by atoms with Crippen molar-refractivity contribution in [3.8, 4) is 5.75 Å². The van der Waals surface area contributed by atoms with Crippen molar-refractivity contribution >= 4 is 16.6 Å². The second-order valence-corrected chi connectivity index (χ2v) is 6.73. The molecule has 0 saturated carbocycles. The van der Waals surface area contributed by atoms with Crippen LogP contribution in [0.15, 0.2) is 48.5 Å². The summed E-state index contributed by atoms with van der Waals surface area (Å²) in [4.78, 5) is 0. The number of rotatable bonds is 7. The van der Waals surface area contributed by atoms with Gasteiger partial charge >= 0.3 is 0 Å². The lowest BCUT2D eigenvalue weighted by molar-refractivity contribution is 0.341. The van der Waals surface area contributed by atoms with Crippen LogP contribution in [0.25, 0.3) is 10.9 Å². The van der Waals surface area contributed by atoms with Gasteiger partial charge in [-0.25, -0.2) is 0 Å². The summed E-state index contributed by atoms with van der Waals surface area (Å²) in [6.45, 7) is 6.72. The zero-order valence-corrected chi connectivity index (χ0v) is 15.4. The van der Waals surface area contributed by atoms with E-state index >= 15 is 0 Å². The van der Waals surface area contributed by atoms with Gasteiger partial charge in [0.25, 0.3) is 0 Å². The highest BCUT2D eigenvalue weighted by Crippen LogP contribution is 2.29. The van der Waals surface area contributed by atoms with Crippen LogP contribution >= 0.6 is 0 Å². The first-order chi connectivity index (χ1) is 12.9. The van der Waals surface area contributed by atoms with Gasteiger partial charge in [0.15, 0.2) is 0 Å². The lowest BCUT2D eigenvalue weighted by Crippen LogP contribution is -2.25. The van der Waals surface area contributed by atoms with Gasteiger partial charge in [-0.15, -0.1) is 0 Å². The van der Waals surface area contributed by atoms with Crippen LogP contribution in [0.5, 0.6) is 5.75 Å². The van der Waals surface area contributed by atoms with Gasteiger partial charge in [-0.1, -0.05) is 30.3 Å². The first kappa shape index (κ1) is 17.0. The molecule has 0 aliphatic carbocycles. The molecule has 0 fully saturated rings. The van der Waals surface area contributed by atoms with Gasteiger partial charge in [0.1, 0.15) is 5.75 Å². The smallest absolute Gasteiger partial charge is 0.142 e. The Labute approximate surface area is 155 Å². The van der Waals surface area contributed by atoms with Crippen molar-refractivity contribution in [2.45, 2.75) is 32.9 Å². The van der Waals surface area contributed by atoms with E-state index in [0.717, 1.165) is 50.5 Å². The molecule has 4 rings (SSSR count). The molecule has 2 heterocycles. The minimum atomic E-state index is 0.688. The summed E-state index contributed by atoms with van der Waals surface area (Å²) in [7, 11) is 0. The highest BCUT2D eigenvalue weighted by molar-refractivity contribution is 5.85. The van der Waals surface area contributed by atoms with E-state index in [-0.39, 0.29) is 0 Å². The molecule has 2 aromatic carbocycles. The molecule has 2 N–H and O–H groups in total. The van der Waals surface area contributed by atoms with Gasteiger partial charge in [0.05, 0.1) is 12.3 Å². The molecule has 0 bridgehead atoms. The summed E-state index contributed by atoms with van der Waals surface area (Å²) in [6.07, 6.45) is 2.20. The zero-order chi connectivity index (χ0) is 17.8. The lowest BCUT2D eigenvalue weighted by Gasteiger charge is -2.17. The van der Waals surface area contributed by atoms with E-state index in [4.69, 9.17) is 4.74 Å². The van der Waals surface area contributed by atoms with Crippen molar-refractivity contribution in [3.63, 3.8) is 0 Å². The first-order valence-electron chi connectivity index (χ1n) is 9.64. The number of benzene rings is 2. The van der Waals surface area contributed by atoms with E-state index < -0.39 is 0 Å². The summed E-state index contributed by atoms with van der Waals surface area (Å²) < 4.78 is 8.20. The van der Waals surface area contributed by atoms with Crippen LogP contribution in [0.2, 0.25) is 0 Å². The fraction of sp³-hybridized carbons (Fsp3) is 0.364. The minimum absolute atomic E-state index is 0.688. The van der Waals surface area contributed by atoms with Gasteiger partial charge in [-0.05, 0) is 50.1 Å². The van der Waals surface area contributed by atoms with Crippen molar-refractivity contribution in [3.05, 3.63) is 59.8 Å². The average Bonchev–Trinajstić information content (AvgIpc) is 3.01. The van der Waals surface area contributed by atoms with E-state index in [1.807, 2.05) is 25.1 Å². The minimum Gasteiger partial charge on any atom is -0.492 e. The molecule has 3 aromatic rings. The van der Waals surface area contributed by atoms with E-state index in [0.29, 0.717) is 6.61 Å². The summed E-state index contributed by atoms with van der Waals surface area (Å²) in [5.41, 5.74) is 5.45. The molecule has 4 nitrogen and oxygen atoms in total. The van der Waals surface area contributed by atoms with Crippen LogP contribution in [-0.4, -0.2) is 24.3 Å². The van der Waals surface area contributed by atoms with E-state index in [1.165, 1.54) is 22.2 Å². The van der Waals surface area contributed by atoms with Crippen molar-refractivity contribution in [2.75, 3.05) is 25.0 Å². The van der Waals surface area contributed by atoms with E-state index in [1.54, 1.807) is 0 Å². The molecule has 136 valence electrons. The van der Waals surface area contributed by atoms with Crippen LogP contribution in [0.1, 0.15) is 24.6 Å². The van der Waals surface area contributed by atoms with Crippen molar-refractivity contribution in [1.82, 2.24) is 9.88 Å². The van der Waals surface area contributed by atoms with Crippen LogP contribution in [-0.2, 0) is 19.5 Å². The Balaban J connectivity index is 1.46. The molecule has 1 aliphatic rings. The maximum Gasteiger partial charge on any atom is 0.142 e. The number of nitrogens with one attached hydrogen (secondary N) is 2. The third-order valence-electron chi connectivity index (χ3n) is 5.10. The maximum absolute atomic E-state index is 5.70. The monoisotopic (exact) mass is 349 g/mol. The molecule has 0 spiro atoms. The largest absolute Gasteiger partial charge is 0.492 e. The second-order valence-electron chi connectivity index (χ2n) is 6.73. The number of para-hydroxylation sites is 3. The third kappa shape index (κ3) is 3.29. The van der Waals surface area contributed by atoms with Crippen LogP contribution in [0.3, 0.4) is 0 Å². The van der Waals surface area contributed by atoms with Crippen LogP contribution in [0, 0.1) is 0 Å². The average molecular weight is 349 g/mol. The molecule has 4 heteroatoms. The highest BCUT2D eigenvalue weighted by atomic mass is 16.5. The quantitative estimate of drug-likeness (QED) is 0.628.